The first-order valence-corrected chi connectivity index (χ1v) is 7.19. The molecule has 1 N–H and O–H groups in total. The van der Waals surface area contributed by atoms with Gasteiger partial charge in [0.2, 0.25) is 5.91 Å². The number of piperazine rings is 1. The summed E-state index contributed by atoms with van der Waals surface area (Å²) < 4.78 is 0. The molecule has 0 aliphatic carbocycles. The van der Waals surface area contributed by atoms with Crippen LogP contribution in [0, 0.1) is 0 Å². The van der Waals surface area contributed by atoms with Crippen molar-refractivity contribution < 1.29 is 4.79 Å². The lowest BCUT2D eigenvalue weighted by atomic mass is 9.95. The molecule has 1 atom stereocenters. The molecule has 3 heteroatoms. The molecule has 104 valence electrons. The predicted octanol–water partition coefficient (Wildman–Crippen LogP) is 2.35. The van der Waals surface area contributed by atoms with E-state index in [9.17, 15) is 4.79 Å². The number of hydrogen-bond donors (Lipinski definition) is 1. The van der Waals surface area contributed by atoms with Gasteiger partial charge in [-0.2, -0.15) is 0 Å². The summed E-state index contributed by atoms with van der Waals surface area (Å²) in [5.74, 6) is 0.742. The zero-order chi connectivity index (χ0) is 13.8. The monoisotopic (exact) mass is 260 g/mol. The van der Waals surface area contributed by atoms with Gasteiger partial charge in [-0.05, 0) is 24.0 Å². The van der Waals surface area contributed by atoms with Crippen LogP contribution in [0.1, 0.15) is 43.7 Å². The van der Waals surface area contributed by atoms with Crippen molar-refractivity contribution in [3.05, 3.63) is 35.4 Å². The zero-order valence-electron chi connectivity index (χ0n) is 12.1. The maximum absolute atomic E-state index is 12.4. The summed E-state index contributed by atoms with van der Waals surface area (Å²) in [6.45, 7) is 9.85. The maximum atomic E-state index is 12.4. The second-order valence-corrected chi connectivity index (χ2v) is 5.62. The fourth-order valence-electron chi connectivity index (χ4n) is 2.47. The normalized spacial score (nSPS) is 17.6. The van der Waals surface area contributed by atoms with Crippen molar-refractivity contribution >= 4 is 5.91 Å². The highest BCUT2D eigenvalue weighted by Crippen LogP contribution is 2.21. The lowest BCUT2D eigenvalue weighted by molar-refractivity contribution is -0.133. The summed E-state index contributed by atoms with van der Waals surface area (Å²) in [5.41, 5.74) is 2.44. The molecule has 1 aromatic rings. The van der Waals surface area contributed by atoms with E-state index in [1.807, 2.05) is 11.8 Å². The van der Waals surface area contributed by atoms with E-state index in [4.69, 9.17) is 0 Å². The van der Waals surface area contributed by atoms with Gasteiger partial charge in [0.15, 0.2) is 0 Å². The molecule has 1 heterocycles. The third-order valence-electron chi connectivity index (χ3n) is 3.90. The molecule has 2 rings (SSSR count). The number of carbonyl (C=O) groups excluding carboxylic acids is 1. The smallest absolute Gasteiger partial charge is 0.229 e. The van der Waals surface area contributed by atoms with Crippen LogP contribution in [0.2, 0.25) is 0 Å². The zero-order valence-corrected chi connectivity index (χ0v) is 12.1. The molecule has 1 fully saturated rings. The summed E-state index contributed by atoms with van der Waals surface area (Å²) in [7, 11) is 0. The molecule has 1 aromatic carbocycles. The van der Waals surface area contributed by atoms with Crippen molar-refractivity contribution in [2.75, 3.05) is 26.2 Å². The Balaban J connectivity index is 2.05. The lowest BCUT2D eigenvalue weighted by Gasteiger charge is -2.30. The highest BCUT2D eigenvalue weighted by Gasteiger charge is 2.23. The van der Waals surface area contributed by atoms with Crippen LogP contribution in [0.15, 0.2) is 24.3 Å². The highest BCUT2D eigenvalue weighted by molar-refractivity contribution is 5.83. The van der Waals surface area contributed by atoms with Crippen LogP contribution in [0.5, 0.6) is 0 Å². The lowest BCUT2D eigenvalue weighted by Crippen LogP contribution is -2.47. The summed E-state index contributed by atoms with van der Waals surface area (Å²) in [6.07, 6.45) is 0. The number of hydrogen-bond acceptors (Lipinski definition) is 2. The SMILES string of the molecule is CC(C)c1ccc(C(C)C(=O)N2CCNCC2)cc1. The predicted molar refractivity (Wildman–Crippen MR) is 78.4 cm³/mol. The molecule has 1 saturated heterocycles. The number of carbonyl (C=O) groups is 1. The fraction of sp³-hybridized carbons (Fsp3) is 0.562. The fourth-order valence-corrected chi connectivity index (χ4v) is 2.47. The Kier molecular flexibility index (Phi) is 4.59. The summed E-state index contributed by atoms with van der Waals surface area (Å²) >= 11 is 0. The Bertz CT molecular complexity index is 419. The van der Waals surface area contributed by atoms with Gasteiger partial charge in [-0.25, -0.2) is 0 Å². The van der Waals surface area contributed by atoms with E-state index in [0.717, 1.165) is 31.7 Å². The number of nitrogens with one attached hydrogen (secondary N) is 1. The average Bonchev–Trinajstić information content (AvgIpc) is 2.46. The number of rotatable bonds is 3. The standard InChI is InChI=1S/C16H24N2O/c1-12(2)14-4-6-15(7-5-14)13(3)16(19)18-10-8-17-9-11-18/h4-7,12-13,17H,8-11H2,1-3H3. The molecule has 0 radical (unpaired) electrons. The van der Waals surface area contributed by atoms with E-state index in [-0.39, 0.29) is 11.8 Å². The van der Waals surface area contributed by atoms with E-state index >= 15 is 0 Å². The van der Waals surface area contributed by atoms with Crippen molar-refractivity contribution in [3.8, 4) is 0 Å². The van der Waals surface area contributed by atoms with Crippen LogP contribution < -0.4 is 5.32 Å². The van der Waals surface area contributed by atoms with E-state index in [1.54, 1.807) is 0 Å². The minimum absolute atomic E-state index is 0.0423. The van der Waals surface area contributed by atoms with E-state index in [1.165, 1.54) is 5.56 Å². The number of benzene rings is 1. The van der Waals surface area contributed by atoms with E-state index in [2.05, 4.69) is 43.4 Å². The Labute approximate surface area is 116 Å². The Morgan fingerprint density at radius 3 is 2.11 bits per heavy atom. The first kappa shape index (κ1) is 14.1. The first-order valence-electron chi connectivity index (χ1n) is 7.19. The average molecular weight is 260 g/mol. The van der Waals surface area contributed by atoms with Gasteiger partial charge in [-0.1, -0.05) is 38.1 Å². The molecule has 1 aliphatic rings. The molecule has 1 aliphatic heterocycles. The Hall–Kier alpha value is -1.35. The largest absolute Gasteiger partial charge is 0.340 e. The van der Waals surface area contributed by atoms with Crippen LogP contribution in [0.3, 0.4) is 0 Å². The van der Waals surface area contributed by atoms with Gasteiger partial charge in [0, 0.05) is 26.2 Å². The second-order valence-electron chi connectivity index (χ2n) is 5.62. The van der Waals surface area contributed by atoms with Crippen LogP contribution in [-0.4, -0.2) is 37.0 Å². The van der Waals surface area contributed by atoms with Gasteiger partial charge in [0.05, 0.1) is 5.92 Å². The first-order chi connectivity index (χ1) is 9.09. The van der Waals surface area contributed by atoms with Crippen molar-refractivity contribution in [1.82, 2.24) is 10.2 Å². The van der Waals surface area contributed by atoms with Gasteiger partial charge >= 0.3 is 0 Å². The molecule has 1 amide bonds. The molecule has 0 spiro atoms. The van der Waals surface area contributed by atoms with Crippen molar-refractivity contribution in [1.29, 1.82) is 0 Å². The summed E-state index contributed by atoms with van der Waals surface area (Å²) in [5, 5.41) is 3.27. The molecule has 0 bridgehead atoms. The molecule has 0 saturated carbocycles. The third kappa shape index (κ3) is 3.35. The molecule has 19 heavy (non-hydrogen) atoms. The molecular weight excluding hydrogens is 236 g/mol. The van der Waals surface area contributed by atoms with E-state index in [0.29, 0.717) is 5.92 Å². The summed E-state index contributed by atoms with van der Waals surface area (Å²) in [6, 6.07) is 8.48. The topological polar surface area (TPSA) is 32.3 Å². The van der Waals surface area contributed by atoms with Gasteiger partial charge in [-0.15, -0.1) is 0 Å². The second kappa shape index (κ2) is 6.20. The van der Waals surface area contributed by atoms with Crippen LogP contribution in [0.4, 0.5) is 0 Å². The van der Waals surface area contributed by atoms with Crippen LogP contribution in [0.25, 0.3) is 0 Å². The van der Waals surface area contributed by atoms with Gasteiger partial charge < -0.3 is 10.2 Å². The quantitative estimate of drug-likeness (QED) is 0.904. The third-order valence-corrected chi connectivity index (χ3v) is 3.90. The van der Waals surface area contributed by atoms with Gasteiger partial charge in [-0.3, -0.25) is 4.79 Å². The van der Waals surface area contributed by atoms with Crippen molar-refractivity contribution in [2.45, 2.75) is 32.6 Å². The minimum Gasteiger partial charge on any atom is -0.340 e. The minimum atomic E-state index is -0.0423. The van der Waals surface area contributed by atoms with Crippen molar-refractivity contribution in [3.63, 3.8) is 0 Å². The highest BCUT2D eigenvalue weighted by atomic mass is 16.2. The van der Waals surface area contributed by atoms with Gasteiger partial charge in [0.1, 0.15) is 0 Å². The summed E-state index contributed by atoms with van der Waals surface area (Å²) in [4.78, 5) is 14.4. The van der Waals surface area contributed by atoms with Crippen LogP contribution >= 0.6 is 0 Å². The Morgan fingerprint density at radius 1 is 1.05 bits per heavy atom. The molecule has 3 nitrogen and oxygen atoms in total. The molecular formula is C16H24N2O. The van der Waals surface area contributed by atoms with Crippen LogP contribution in [-0.2, 0) is 4.79 Å². The van der Waals surface area contributed by atoms with Crippen molar-refractivity contribution in [2.24, 2.45) is 0 Å². The molecule has 0 aromatic heterocycles. The van der Waals surface area contributed by atoms with Gasteiger partial charge in [0.25, 0.3) is 0 Å². The maximum Gasteiger partial charge on any atom is 0.229 e. The number of nitrogens with zero attached hydrogens (tertiary/aromatic N) is 1. The van der Waals surface area contributed by atoms with E-state index < -0.39 is 0 Å². The molecule has 1 unspecified atom stereocenters. The Morgan fingerprint density at radius 2 is 1.58 bits per heavy atom. The number of amides is 1.